The van der Waals surface area contributed by atoms with E-state index in [1.807, 2.05) is 37.3 Å². The number of rotatable bonds is 4. The Kier molecular flexibility index (Phi) is 4.44. The molecule has 33 heavy (non-hydrogen) atoms. The zero-order valence-electron chi connectivity index (χ0n) is 18.1. The number of nitrogen functional groups attached to an aromatic ring is 1. The number of H-pyrrole nitrogens is 2. The first-order chi connectivity index (χ1) is 16.1. The second-order valence-electron chi connectivity index (χ2n) is 8.26. The van der Waals surface area contributed by atoms with Gasteiger partial charge in [0.05, 0.1) is 47.4 Å². The second kappa shape index (κ2) is 7.49. The van der Waals surface area contributed by atoms with Crippen LogP contribution < -0.4 is 10.6 Å². The third-order valence-electron chi connectivity index (χ3n) is 6.11. The first kappa shape index (κ1) is 19.6. The maximum absolute atomic E-state index is 13.3. The largest absolute Gasteiger partial charge is 0.383 e. The number of ketones is 1. The molecule has 6 rings (SSSR count). The van der Waals surface area contributed by atoms with E-state index < -0.39 is 0 Å². The highest BCUT2D eigenvalue weighted by Crippen LogP contribution is 2.27. The Morgan fingerprint density at radius 1 is 1.03 bits per heavy atom. The van der Waals surface area contributed by atoms with Crippen molar-refractivity contribution in [3.05, 3.63) is 65.7 Å². The zero-order valence-corrected chi connectivity index (χ0v) is 18.1. The Bertz CT molecular complexity index is 1500. The number of nitrogens with two attached hydrogens (primary N) is 1. The quantitative estimate of drug-likeness (QED) is 0.369. The first-order valence-electron chi connectivity index (χ1n) is 10.9. The molecule has 0 aliphatic carbocycles. The highest BCUT2D eigenvalue weighted by Gasteiger charge is 2.20. The fraction of sp³-hybridized carbons (Fsp3) is 0.208. The summed E-state index contributed by atoms with van der Waals surface area (Å²) in [5.74, 6) is 0.931. The van der Waals surface area contributed by atoms with Crippen molar-refractivity contribution in [3.63, 3.8) is 0 Å². The molecule has 1 saturated heterocycles. The monoisotopic (exact) mass is 441 g/mol. The number of hydrogen-bond donors (Lipinski definition) is 3. The van der Waals surface area contributed by atoms with Gasteiger partial charge in [0.25, 0.3) is 0 Å². The average molecular weight is 441 g/mol. The summed E-state index contributed by atoms with van der Waals surface area (Å²) < 4.78 is 7.01. The molecule has 1 aliphatic heterocycles. The molecule has 166 valence electrons. The topological polar surface area (TPSA) is 118 Å². The number of nitrogens with one attached hydrogen (secondary N) is 2. The molecule has 0 radical (unpaired) electrons. The molecule has 9 nitrogen and oxygen atoms in total. The number of aromatic nitrogens is 5. The van der Waals surface area contributed by atoms with Gasteiger partial charge >= 0.3 is 0 Å². The minimum absolute atomic E-state index is 0.195. The molecule has 9 heteroatoms. The van der Waals surface area contributed by atoms with Crippen LogP contribution in [0, 0.1) is 6.92 Å². The molecule has 5 aromatic rings. The number of ether oxygens (including phenoxy) is 1. The molecule has 0 amide bonds. The number of benzene rings is 2. The molecular weight excluding hydrogens is 418 g/mol. The van der Waals surface area contributed by atoms with E-state index in [4.69, 9.17) is 10.5 Å². The van der Waals surface area contributed by atoms with Crippen LogP contribution in [0.3, 0.4) is 0 Å². The summed E-state index contributed by atoms with van der Waals surface area (Å²) in [5, 5.41) is 5.35. The smallest absolute Gasteiger partial charge is 0.214 e. The van der Waals surface area contributed by atoms with Gasteiger partial charge in [-0.25, -0.2) is 9.67 Å². The van der Waals surface area contributed by atoms with Crippen LogP contribution >= 0.6 is 0 Å². The Morgan fingerprint density at radius 3 is 2.70 bits per heavy atom. The molecule has 3 aromatic heterocycles. The standard InChI is InChI=1S/C24H23N7O2/c1-14-27-19-5-4-17(12-21(19)28-14)31-24(25)18(13-26-31)23(32)22-10-15-2-3-16(11-20(15)29-22)30-6-8-33-9-7-30/h2-5,10-13,29H,6-9,25H2,1H3,(H,27,28). The van der Waals surface area contributed by atoms with Crippen LogP contribution in [0.1, 0.15) is 21.9 Å². The van der Waals surface area contributed by atoms with E-state index in [0.717, 1.165) is 65.4 Å². The summed E-state index contributed by atoms with van der Waals surface area (Å²) in [6.07, 6.45) is 1.52. The van der Waals surface area contributed by atoms with E-state index in [1.54, 1.807) is 4.68 Å². The summed E-state index contributed by atoms with van der Waals surface area (Å²) in [7, 11) is 0. The predicted octanol–water partition coefficient (Wildman–Crippen LogP) is 3.19. The number of anilines is 2. The van der Waals surface area contributed by atoms with Crippen LogP contribution in [0.4, 0.5) is 11.5 Å². The minimum Gasteiger partial charge on any atom is -0.383 e. The van der Waals surface area contributed by atoms with Gasteiger partial charge in [0, 0.05) is 29.7 Å². The Labute approximate surface area is 189 Å². The number of carbonyl (C=O) groups excluding carboxylic acids is 1. The number of hydrogen-bond acceptors (Lipinski definition) is 6. The number of fused-ring (bicyclic) bond motifs is 2. The van der Waals surface area contributed by atoms with E-state index in [-0.39, 0.29) is 5.78 Å². The van der Waals surface area contributed by atoms with Crippen molar-refractivity contribution in [1.82, 2.24) is 24.7 Å². The predicted molar refractivity (Wildman–Crippen MR) is 127 cm³/mol. The van der Waals surface area contributed by atoms with E-state index >= 15 is 0 Å². The molecule has 2 aromatic carbocycles. The lowest BCUT2D eigenvalue weighted by Crippen LogP contribution is -2.36. The number of aryl methyl sites for hydroxylation is 1. The van der Waals surface area contributed by atoms with E-state index in [2.05, 4.69) is 37.1 Å². The van der Waals surface area contributed by atoms with E-state index in [9.17, 15) is 4.79 Å². The maximum Gasteiger partial charge on any atom is 0.214 e. The van der Waals surface area contributed by atoms with Gasteiger partial charge in [-0.2, -0.15) is 5.10 Å². The van der Waals surface area contributed by atoms with Crippen LogP contribution in [0.25, 0.3) is 27.6 Å². The first-order valence-corrected chi connectivity index (χ1v) is 10.9. The normalized spacial score (nSPS) is 14.4. The lowest BCUT2D eigenvalue weighted by molar-refractivity contribution is 0.103. The van der Waals surface area contributed by atoms with Gasteiger partial charge in [-0.3, -0.25) is 4.79 Å². The van der Waals surface area contributed by atoms with Crippen LogP contribution in [0.2, 0.25) is 0 Å². The van der Waals surface area contributed by atoms with Crippen molar-refractivity contribution >= 4 is 39.2 Å². The summed E-state index contributed by atoms with van der Waals surface area (Å²) >= 11 is 0. The van der Waals surface area contributed by atoms with Gasteiger partial charge in [0.15, 0.2) is 0 Å². The summed E-state index contributed by atoms with van der Waals surface area (Å²) in [4.78, 5) is 26.5. The third-order valence-corrected chi connectivity index (χ3v) is 6.11. The number of aromatic amines is 2. The Morgan fingerprint density at radius 2 is 1.85 bits per heavy atom. The molecule has 4 N–H and O–H groups in total. The highest BCUT2D eigenvalue weighted by atomic mass is 16.5. The lowest BCUT2D eigenvalue weighted by Gasteiger charge is -2.28. The zero-order chi connectivity index (χ0) is 22.5. The number of carbonyl (C=O) groups is 1. The lowest BCUT2D eigenvalue weighted by atomic mass is 10.1. The summed E-state index contributed by atoms with van der Waals surface area (Å²) in [6, 6.07) is 13.8. The maximum atomic E-state index is 13.3. The highest BCUT2D eigenvalue weighted by molar-refractivity contribution is 6.12. The van der Waals surface area contributed by atoms with Crippen molar-refractivity contribution in [3.8, 4) is 5.69 Å². The van der Waals surface area contributed by atoms with Gasteiger partial charge in [-0.1, -0.05) is 6.07 Å². The van der Waals surface area contributed by atoms with E-state index in [0.29, 0.717) is 17.1 Å². The number of morpholine rings is 1. The van der Waals surface area contributed by atoms with Gasteiger partial charge < -0.3 is 25.3 Å². The SMILES string of the molecule is Cc1nc2cc(-n3ncc(C(=O)c4cc5ccc(N6CCOCC6)cc5[nH]4)c3N)ccc2[nH]1. The van der Waals surface area contributed by atoms with Crippen molar-refractivity contribution in [1.29, 1.82) is 0 Å². The molecule has 0 saturated carbocycles. The van der Waals surface area contributed by atoms with Gasteiger partial charge in [0.1, 0.15) is 11.6 Å². The number of nitrogens with zero attached hydrogens (tertiary/aromatic N) is 4. The molecular formula is C24H23N7O2. The molecule has 1 fully saturated rings. The van der Waals surface area contributed by atoms with Crippen molar-refractivity contribution < 1.29 is 9.53 Å². The fourth-order valence-corrected chi connectivity index (χ4v) is 4.39. The van der Waals surface area contributed by atoms with Crippen LogP contribution in [0.5, 0.6) is 0 Å². The van der Waals surface area contributed by atoms with Crippen LogP contribution in [-0.4, -0.2) is 56.8 Å². The summed E-state index contributed by atoms with van der Waals surface area (Å²) in [5.41, 5.74) is 11.7. The summed E-state index contributed by atoms with van der Waals surface area (Å²) in [6.45, 7) is 5.07. The molecule has 0 unspecified atom stereocenters. The van der Waals surface area contributed by atoms with Crippen molar-refractivity contribution in [2.24, 2.45) is 0 Å². The van der Waals surface area contributed by atoms with Crippen molar-refractivity contribution in [2.75, 3.05) is 36.9 Å². The Balaban J connectivity index is 1.32. The molecule has 0 bridgehead atoms. The van der Waals surface area contributed by atoms with Gasteiger partial charge in [0.2, 0.25) is 5.78 Å². The average Bonchev–Trinajstić information content (AvgIpc) is 3.53. The third kappa shape index (κ3) is 3.33. The van der Waals surface area contributed by atoms with E-state index in [1.165, 1.54) is 6.20 Å². The second-order valence-corrected chi connectivity index (χ2v) is 8.26. The van der Waals surface area contributed by atoms with Crippen LogP contribution in [-0.2, 0) is 4.74 Å². The number of imidazole rings is 1. The van der Waals surface area contributed by atoms with Crippen molar-refractivity contribution in [2.45, 2.75) is 6.92 Å². The fourth-order valence-electron chi connectivity index (χ4n) is 4.39. The molecule has 0 spiro atoms. The van der Waals surface area contributed by atoms with Gasteiger partial charge in [-0.15, -0.1) is 0 Å². The molecule has 4 heterocycles. The van der Waals surface area contributed by atoms with Gasteiger partial charge in [-0.05, 0) is 43.3 Å². The molecule has 0 atom stereocenters. The molecule has 1 aliphatic rings. The minimum atomic E-state index is -0.195. The van der Waals surface area contributed by atoms with Crippen LogP contribution in [0.15, 0.2) is 48.7 Å². The Hall–Kier alpha value is -4.11.